The molecule has 1 aromatic heterocycles. The highest BCUT2D eigenvalue weighted by Crippen LogP contribution is 2.23. The van der Waals surface area contributed by atoms with Gasteiger partial charge in [-0.25, -0.2) is 0 Å². The Morgan fingerprint density at radius 3 is 2.91 bits per heavy atom. The molecule has 0 aliphatic carbocycles. The maximum atomic E-state index is 11.9. The van der Waals surface area contributed by atoms with Gasteiger partial charge in [0.15, 0.2) is 0 Å². The third kappa shape index (κ3) is 4.79. The average molecular weight is 337 g/mol. The van der Waals surface area contributed by atoms with Gasteiger partial charge in [0.2, 0.25) is 11.0 Å². The fraction of sp³-hybridized carbons (Fsp3) is 0.400. The van der Waals surface area contributed by atoms with E-state index in [1.807, 2.05) is 19.1 Å². The molecule has 1 aromatic carbocycles. The molecule has 1 heterocycles. The van der Waals surface area contributed by atoms with Crippen LogP contribution in [-0.2, 0) is 15.3 Å². The van der Waals surface area contributed by atoms with E-state index in [-0.39, 0.29) is 12.0 Å². The van der Waals surface area contributed by atoms with Gasteiger partial charge in [-0.15, -0.1) is 22.0 Å². The predicted molar refractivity (Wildman–Crippen MR) is 91.3 cm³/mol. The summed E-state index contributed by atoms with van der Waals surface area (Å²) < 4.78 is 5.17. The smallest absolute Gasteiger partial charge is 0.236 e. The third-order valence-electron chi connectivity index (χ3n) is 3.14. The minimum atomic E-state index is -0.112. The SMILES string of the molecule is COC(C)c1nnc(NC(=O)CSCc2ccccc2C)s1. The van der Waals surface area contributed by atoms with Gasteiger partial charge >= 0.3 is 0 Å². The lowest BCUT2D eigenvalue weighted by molar-refractivity contribution is -0.113. The monoisotopic (exact) mass is 337 g/mol. The standard InChI is InChI=1S/C15H19N3O2S2/c1-10-6-4-5-7-12(10)8-21-9-13(19)16-15-18-17-14(22-15)11(2)20-3/h4-7,11H,8-9H2,1-3H3,(H,16,18,19). The molecule has 1 unspecified atom stereocenters. The normalized spacial score (nSPS) is 12.1. The molecule has 1 atom stereocenters. The van der Waals surface area contributed by atoms with Crippen molar-refractivity contribution >= 4 is 34.1 Å². The van der Waals surface area contributed by atoms with Crippen LogP contribution in [0, 0.1) is 6.92 Å². The van der Waals surface area contributed by atoms with Crippen LogP contribution in [0.4, 0.5) is 5.13 Å². The maximum absolute atomic E-state index is 11.9. The number of carbonyl (C=O) groups excluding carboxylic acids is 1. The molecule has 0 saturated heterocycles. The number of nitrogens with one attached hydrogen (secondary N) is 1. The van der Waals surface area contributed by atoms with E-state index in [0.29, 0.717) is 10.9 Å². The van der Waals surface area contributed by atoms with Crippen molar-refractivity contribution in [1.29, 1.82) is 0 Å². The van der Waals surface area contributed by atoms with Crippen LogP contribution in [-0.4, -0.2) is 29.0 Å². The summed E-state index contributed by atoms with van der Waals surface area (Å²) in [5, 5.41) is 12.0. The number of benzene rings is 1. The zero-order valence-corrected chi connectivity index (χ0v) is 14.5. The van der Waals surface area contributed by atoms with Crippen molar-refractivity contribution < 1.29 is 9.53 Å². The molecular weight excluding hydrogens is 318 g/mol. The minimum absolute atomic E-state index is 0.0636. The molecule has 1 N–H and O–H groups in total. The van der Waals surface area contributed by atoms with Crippen molar-refractivity contribution in [2.24, 2.45) is 0 Å². The van der Waals surface area contributed by atoms with E-state index in [4.69, 9.17) is 4.74 Å². The average Bonchev–Trinajstić information content (AvgIpc) is 2.97. The van der Waals surface area contributed by atoms with Crippen LogP contribution >= 0.6 is 23.1 Å². The molecule has 1 amide bonds. The van der Waals surface area contributed by atoms with Crippen LogP contribution in [0.2, 0.25) is 0 Å². The fourth-order valence-corrected chi connectivity index (χ4v) is 3.42. The number of thioether (sulfide) groups is 1. The molecule has 0 bridgehead atoms. The van der Waals surface area contributed by atoms with Crippen molar-refractivity contribution in [1.82, 2.24) is 10.2 Å². The summed E-state index contributed by atoms with van der Waals surface area (Å²) in [6.45, 7) is 3.97. The molecule has 22 heavy (non-hydrogen) atoms. The third-order valence-corrected chi connectivity index (χ3v) is 5.12. The van der Waals surface area contributed by atoms with Gasteiger partial charge in [0.1, 0.15) is 11.1 Å². The van der Waals surface area contributed by atoms with E-state index in [9.17, 15) is 4.79 Å². The number of amides is 1. The molecule has 7 heteroatoms. The number of rotatable bonds is 7. The first-order valence-corrected chi connectivity index (χ1v) is 8.85. The number of nitrogens with zero attached hydrogens (tertiary/aromatic N) is 2. The summed E-state index contributed by atoms with van der Waals surface area (Å²) in [4.78, 5) is 11.9. The van der Waals surface area contributed by atoms with Crippen molar-refractivity contribution in [2.45, 2.75) is 25.7 Å². The summed E-state index contributed by atoms with van der Waals surface area (Å²) >= 11 is 2.92. The van der Waals surface area contributed by atoms with E-state index < -0.39 is 0 Å². The summed E-state index contributed by atoms with van der Waals surface area (Å²) in [6.07, 6.45) is -0.112. The molecule has 0 aliphatic rings. The lowest BCUT2D eigenvalue weighted by Crippen LogP contribution is -2.14. The van der Waals surface area contributed by atoms with Gasteiger partial charge in [-0.05, 0) is 25.0 Å². The summed E-state index contributed by atoms with van der Waals surface area (Å²) in [5.41, 5.74) is 2.50. The Balaban J connectivity index is 1.78. The highest BCUT2D eigenvalue weighted by molar-refractivity contribution is 7.99. The number of methoxy groups -OCH3 is 1. The minimum Gasteiger partial charge on any atom is -0.374 e. The van der Waals surface area contributed by atoms with Crippen molar-refractivity contribution in [3.63, 3.8) is 0 Å². The first kappa shape index (κ1) is 16.9. The highest BCUT2D eigenvalue weighted by Gasteiger charge is 2.13. The highest BCUT2D eigenvalue weighted by atomic mass is 32.2. The van der Waals surface area contributed by atoms with Crippen LogP contribution in [0.3, 0.4) is 0 Å². The zero-order chi connectivity index (χ0) is 15.9. The van der Waals surface area contributed by atoms with Crippen molar-refractivity contribution in [3.05, 3.63) is 40.4 Å². The van der Waals surface area contributed by atoms with Gasteiger partial charge in [0, 0.05) is 12.9 Å². The molecular formula is C15H19N3O2S2. The number of hydrogen-bond donors (Lipinski definition) is 1. The molecule has 5 nitrogen and oxygen atoms in total. The lowest BCUT2D eigenvalue weighted by atomic mass is 10.1. The number of aryl methyl sites for hydroxylation is 1. The summed E-state index contributed by atoms with van der Waals surface area (Å²) in [5.74, 6) is 1.15. The van der Waals surface area contributed by atoms with Crippen LogP contribution in [0.5, 0.6) is 0 Å². The largest absolute Gasteiger partial charge is 0.374 e. The number of carbonyl (C=O) groups is 1. The lowest BCUT2D eigenvalue weighted by Gasteiger charge is -2.05. The zero-order valence-electron chi connectivity index (χ0n) is 12.8. The molecule has 2 aromatic rings. The molecule has 0 radical (unpaired) electrons. The van der Waals surface area contributed by atoms with E-state index in [1.165, 1.54) is 22.5 Å². The van der Waals surface area contributed by atoms with E-state index in [2.05, 4.69) is 34.6 Å². The fourth-order valence-electron chi connectivity index (χ4n) is 1.73. The molecule has 0 aliphatic heterocycles. The predicted octanol–water partition coefficient (Wildman–Crippen LogP) is 3.43. The maximum Gasteiger partial charge on any atom is 0.236 e. The Bertz CT molecular complexity index is 631. The first-order chi connectivity index (χ1) is 10.6. The topological polar surface area (TPSA) is 64.1 Å². The molecule has 0 saturated carbocycles. The second-order valence-corrected chi connectivity index (χ2v) is 6.79. The van der Waals surface area contributed by atoms with Gasteiger partial charge in [0.05, 0.1) is 5.75 Å². The van der Waals surface area contributed by atoms with E-state index in [0.717, 1.165) is 10.8 Å². The Kier molecular flexibility index (Phi) is 6.35. The summed E-state index contributed by atoms with van der Waals surface area (Å²) in [7, 11) is 1.62. The molecule has 2 rings (SSSR count). The summed E-state index contributed by atoms with van der Waals surface area (Å²) in [6, 6.07) is 8.20. The second-order valence-electron chi connectivity index (χ2n) is 4.79. The number of aromatic nitrogens is 2. The van der Waals surface area contributed by atoms with Gasteiger partial charge < -0.3 is 4.74 Å². The van der Waals surface area contributed by atoms with Gasteiger partial charge in [0.25, 0.3) is 0 Å². The molecule has 0 fully saturated rings. The Morgan fingerprint density at radius 2 is 2.18 bits per heavy atom. The Labute approximate surface area is 138 Å². The van der Waals surface area contributed by atoms with Crippen LogP contribution in [0.1, 0.15) is 29.2 Å². The van der Waals surface area contributed by atoms with Crippen LogP contribution in [0.25, 0.3) is 0 Å². The molecule has 118 valence electrons. The van der Waals surface area contributed by atoms with Crippen molar-refractivity contribution in [2.75, 3.05) is 18.2 Å². The number of hydrogen-bond acceptors (Lipinski definition) is 6. The number of anilines is 1. The van der Waals surface area contributed by atoms with E-state index >= 15 is 0 Å². The van der Waals surface area contributed by atoms with Crippen molar-refractivity contribution in [3.8, 4) is 0 Å². The van der Waals surface area contributed by atoms with E-state index in [1.54, 1.807) is 18.9 Å². The quantitative estimate of drug-likeness (QED) is 0.838. The van der Waals surface area contributed by atoms with Gasteiger partial charge in [-0.2, -0.15) is 0 Å². The van der Waals surface area contributed by atoms with Crippen LogP contribution in [0.15, 0.2) is 24.3 Å². The number of ether oxygens (including phenoxy) is 1. The Morgan fingerprint density at radius 1 is 1.41 bits per heavy atom. The van der Waals surface area contributed by atoms with Crippen LogP contribution < -0.4 is 5.32 Å². The van der Waals surface area contributed by atoms with Gasteiger partial charge in [-0.1, -0.05) is 35.6 Å². The molecule has 0 spiro atoms. The first-order valence-electron chi connectivity index (χ1n) is 6.88. The van der Waals surface area contributed by atoms with Gasteiger partial charge in [-0.3, -0.25) is 10.1 Å². The Hall–Kier alpha value is -1.44. The second kappa shape index (κ2) is 8.26.